The van der Waals surface area contributed by atoms with E-state index in [-0.39, 0.29) is 0 Å². The molecule has 3 nitrogen and oxygen atoms in total. The Hall–Kier alpha value is -1.13. The molecular weight excluding hydrogens is 266 g/mol. The zero-order valence-electron chi connectivity index (χ0n) is 12.5. The predicted octanol–water partition coefficient (Wildman–Crippen LogP) is 4.18. The normalized spacial score (nSPS) is 12.9. The number of nitrogens with one attached hydrogen (secondary N) is 1. The van der Waals surface area contributed by atoms with Gasteiger partial charge in [0.15, 0.2) is 5.13 Å². The standard InChI is InChI=1S/C16H25N3S/c1-3-5-6-12(4-2)10-18-11-13-7-8-14-15(9-13)20-16(17)19-14/h7-9,12,18H,3-6,10-11H2,1-2H3,(H2,17,19). The van der Waals surface area contributed by atoms with Crippen molar-refractivity contribution in [1.29, 1.82) is 0 Å². The molecule has 0 saturated carbocycles. The number of nitrogen functional groups attached to an aromatic ring is 1. The highest BCUT2D eigenvalue weighted by Crippen LogP contribution is 2.24. The number of hydrogen-bond acceptors (Lipinski definition) is 4. The highest BCUT2D eigenvalue weighted by atomic mass is 32.1. The van der Waals surface area contributed by atoms with Gasteiger partial charge in [0.2, 0.25) is 0 Å². The summed E-state index contributed by atoms with van der Waals surface area (Å²) in [5.41, 5.74) is 8.05. The average molecular weight is 291 g/mol. The third-order valence-electron chi connectivity index (χ3n) is 3.77. The van der Waals surface area contributed by atoms with E-state index < -0.39 is 0 Å². The van der Waals surface area contributed by atoms with Crippen molar-refractivity contribution in [2.75, 3.05) is 12.3 Å². The van der Waals surface area contributed by atoms with Crippen LogP contribution in [0, 0.1) is 5.92 Å². The van der Waals surface area contributed by atoms with Gasteiger partial charge >= 0.3 is 0 Å². The van der Waals surface area contributed by atoms with Crippen molar-refractivity contribution in [1.82, 2.24) is 10.3 Å². The van der Waals surface area contributed by atoms with E-state index in [1.165, 1.54) is 35.9 Å². The molecule has 1 aromatic heterocycles. The Morgan fingerprint density at radius 2 is 2.20 bits per heavy atom. The molecule has 0 spiro atoms. The lowest BCUT2D eigenvalue weighted by atomic mass is 9.99. The van der Waals surface area contributed by atoms with Gasteiger partial charge in [-0.1, -0.05) is 50.5 Å². The molecule has 0 bridgehead atoms. The van der Waals surface area contributed by atoms with Crippen LogP contribution in [-0.4, -0.2) is 11.5 Å². The van der Waals surface area contributed by atoms with E-state index in [0.29, 0.717) is 5.13 Å². The number of benzene rings is 1. The maximum absolute atomic E-state index is 5.74. The van der Waals surface area contributed by atoms with Gasteiger partial charge in [0.25, 0.3) is 0 Å². The van der Waals surface area contributed by atoms with Crippen LogP contribution < -0.4 is 11.1 Å². The van der Waals surface area contributed by atoms with Crippen LogP contribution in [0.15, 0.2) is 18.2 Å². The molecule has 0 aliphatic carbocycles. The number of fused-ring (bicyclic) bond motifs is 1. The van der Waals surface area contributed by atoms with Gasteiger partial charge in [-0.3, -0.25) is 0 Å². The van der Waals surface area contributed by atoms with Crippen LogP contribution in [0.3, 0.4) is 0 Å². The first-order chi connectivity index (χ1) is 9.72. The van der Waals surface area contributed by atoms with Crippen molar-refractivity contribution in [3.8, 4) is 0 Å². The Kier molecular flexibility index (Phi) is 5.80. The van der Waals surface area contributed by atoms with Crippen molar-refractivity contribution in [3.05, 3.63) is 23.8 Å². The van der Waals surface area contributed by atoms with Gasteiger partial charge in [-0.15, -0.1) is 0 Å². The van der Waals surface area contributed by atoms with Gasteiger partial charge in [0.1, 0.15) is 0 Å². The van der Waals surface area contributed by atoms with Gasteiger partial charge in [0, 0.05) is 6.54 Å². The van der Waals surface area contributed by atoms with Gasteiger partial charge in [0.05, 0.1) is 10.2 Å². The summed E-state index contributed by atoms with van der Waals surface area (Å²) in [6, 6.07) is 6.40. The van der Waals surface area contributed by atoms with Gasteiger partial charge in [-0.2, -0.15) is 0 Å². The van der Waals surface area contributed by atoms with Gasteiger partial charge < -0.3 is 11.1 Å². The summed E-state index contributed by atoms with van der Waals surface area (Å²) in [4.78, 5) is 4.29. The summed E-state index contributed by atoms with van der Waals surface area (Å²) in [7, 11) is 0. The summed E-state index contributed by atoms with van der Waals surface area (Å²) >= 11 is 1.56. The molecule has 0 fully saturated rings. The highest BCUT2D eigenvalue weighted by Gasteiger charge is 2.06. The van der Waals surface area contributed by atoms with Crippen LogP contribution in [0.25, 0.3) is 10.2 Å². The first-order valence-corrected chi connectivity index (χ1v) is 8.40. The van der Waals surface area contributed by atoms with Crippen LogP contribution >= 0.6 is 11.3 Å². The molecule has 20 heavy (non-hydrogen) atoms. The molecule has 0 aliphatic heterocycles. The van der Waals surface area contributed by atoms with E-state index in [0.717, 1.165) is 24.5 Å². The lowest BCUT2D eigenvalue weighted by molar-refractivity contribution is 0.419. The zero-order chi connectivity index (χ0) is 14.4. The second kappa shape index (κ2) is 7.60. The van der Waals surface area contributed by atoms with Crippen LogP contribution in [0.5, 0.6) is 0 Å². The summed E-state index contributed by atoms with van der Waals surface area (Å²) in [5.74, 6) is 0.803. The Labute approximate surface area is 125 Å². The van der Waals surface area contributed by atoms with Gasteiger partial charge in [-0.25, -0.2) is 4.98 Å². The number of rotatable bonds is 8. The molecule has 0 radical (unpaired) electrons. The molecule has 1 aromatic carbocycles. The molecule has 0 saturated heterocycles. The summed E-state index contributed by atoms with van der Waals surface area (Å²) in [6.07, 6.45) is 5.23. The van der Waals surface area contributed by atoms with Crippen molar-refractivity contribution >= 4 is 26.7 Å². The Bertz CT molecular complexity index is 536. The molecule has 4 heteroatoms. The van der Waals surface area contributed by atoms with E-state index in [2.05, 4.69) is 42.3 Å². The molecule has 1 heterocycles. The van der Waals surface area contributed by atoms with Crippen LogP contribution in [0.4, 0.5) is 5.13 Å². The number of nitrogens with zero attached hydrogens (tertiary/aromatic N) is 1. The van der Waals surface area contributed by atoms with Crippen LogP contribution in [-0.2, 0) is 6.54 Å². The number of anilines is 1. The number of thiazole rings is 1. The second-order valence-electron chi connectivity index (χ2n) is 5.40. The van der Waals surface area contributed by atoms with Crippen molar-refractivity contribution < 1.29 is 0 Å². The van der Waals surface area contributed by atoms with Crippen molar-refractivity contribution in [2.45, 2.75) is 46.1 Å². The second-order valence-corrected chi connectivity index (χ2v) is 6.46. The fourth-order valence-electron chi connectivity index (χ4n) is 2.46. The molecule has 0 aliphatic rings. The van der Waals surface area contributed by atoms with E-state index in [4.69, 9.17) is 5.73 Å². The number of aromatic nitrogens is 1. The van der Waals surface area contributed by atoms with Crippen LogP contribution in [0.1, 0.15) is 45.1 Å². The molecule has 2 aromatic rings. The third-order valence-corrected chi connectivity index (χ3v) is 4.62. The minimum atomic E-state index is 0.649. The largest absolute Gasteiger partial charge is 0.375 e. The molecule has 3 N–H and O–H groups in total. The minimum Gasteiger partial charge on any atom is -0.375 e. The Morgan fingerprint density at radius 3 is 2.95 bits per heavy atom. The molecule has 2 rings (SSSR count). The third kappa shape index (κ3) is 4.18. The summed E-state index contributed by atoms with van der Waals surface area (Å²) in [6.45, 7) is 6.58. The number of unbranched alkanes of at least 4 members (excludes halogenated alkanes) is 1. The first-order valence-electron chi connectivity index (χ1n) is 7.58. The number of hydrogen-bond donors (Lipinski definition) is 2. The van der Waals surface area contributed by atoms with E-state index >= 15 is 0 Å². The highest BCUT2D eigenvalue weighted by molar-refractivity contribution is 7.22. The average Bonchev–Trinajstić information content (AvgIpc) is 2.82. The SMILES string of the molecule is CCCCC(CC)CNCc1ccc2nc(N)sc2c1. The Morgan fingerprint density at radius 1 is 1.35 bits per heavy atom. The predicted molar refractivity (Wildman–Crippen MR) is 89.0 cm³/mol. The van der Waals surface area contributed by atoms with Gasteiger partial charge in [-0.05, 0) is 36.6 Å². The van der Waals surface area contributed by atoms with E-state index in [9.17, 15) is 0 Å². The maximum Gasteiger partial charge on any atom is 0.181 e. The lowest BCUT2D eigenvalue weighted by Crippen LogP contribution is -2.22. The number of nitrogens with two attached hydrogens (primary N) is 1. The fourth-order valence-corrected chi connectivity index (χ4v) is 3.26. The zero-order valence-corrected chi connectivity index (χ0v) is 13.3. The summed E-state index contributed by atoms with van der Waals surface area (Å²) in [5, 5.41) is 4.23. The molecular formula is C16H25N3S. The molecule has 1 unspecified atom stereocenters. The monoisotopic (exact) mass is 291 g/mol. The van der Waals surface area contributed by atoms with E-state index in [1.54, 1.807) is 11.3 Å². The fraction of sp³-hybridized carbons (Fsp3) is 0.562. The molecule has 110 valence electrons. The topological polar surface area (TPSA) is 50.9 Å². The lowest BCUT2D eigenvalue weighted by Gasteiger charge is -2.15. The molecule has 0 amide bonds. The first kappa shape index (κ1) is 15.3. The van der Waals surface area contributed by atoms with Crippen molar-refractivity contribution in [3.63, 3.8) is 0 Å². The maximum atomic E-state index is 5.74. The van der Waals surface area contributed by atoms with Crippen molar-refractivity contribution in [2.24, 2.45) is 5.92 Å². The van der Waals surface area contributed by atoms with E-state index in [1.807, 2.05) is 0 Å². The Balaban J connectivity index is 1.85. The summed E-state index contributed by atoms with van der Waals surface area (Å²) < 4.78 is 1.18. The minimum absolute atomic E-state index is 0.649. The van der Waals surface area contributed by atoms with Crippen LogP contribution in [0.2, 0.25) is 0 Å². The quantitative estimate of drug-likeness (QED) is 0.767. The molecule has 1 atom stereocenters. The smallest absolute Gasteiger partial charge is 0.181 e.